The molecule has 1 aromatic heterocycles. The number of nitrogens with zero attached hydrogens (tertiary/aromatic N) is 3. The maximum Gasteiger partial charge on any atom is 0.251 e. The fourth-order valence-corrected chi connectivity index (χ4v) is 6.75. The zero-order valence-corrected chi connectivity index (χ0v) is 21.4. The van der Waals surface area contributed by atoms with Gasteiger partial charge < -0.3 is 14.0 Å². The third-order valence-electron chi connectivity index (χ3n) is 6.17. The number of carbonyl (C=O) groups is 1. The molecule has 1 saturated heterocycles. The Labute approximate surface area is 203 Å². The number of hydrogen-bond donors (Lipinski definition) is 0. The van der Waals surface area contributed by atoms with Crippen molar-refractivity contribution in [1.29, 1.82) is 0 Å². The molecule has 0 spiro atoms. The number of sulfonamides is 1. The van der Waals surface area contributed by atoms with Crippen LogP contribution in [0.15, 0.2) is 46.3 Å². The molecule has 2 aromatic carbocycles. The van der Waals surface area contributed by atoms with Gasteiger partial charge in [0.05, 0.1) is 29.3 Å². The van der Waals surface area contributed by atoms with E-state index in [-0.39, 0.29) is 16.7 Å². The smallest absolute Gasteiger partial charge is 0.251 e. The van der Waals surface area contributed by atoms with Crippen molar-refractivity contribution in [3.8, 4) is 11.5 Å². The number of piperidine rings is 1. The first kappa shape index (κ1) is 24.4. The van der Waals surface area contributed by atoms with Crippen LogP contribution >= 0.6 is 11.3 Å². The van der Waals surface area contributed by atoms with Crippen LogP contribution in [0.1, 0.15) is 25.3 Å². The lowest BCUT2D eigenvalue weighted by Gasteiger charge is -2.29. The lowest BCUT2D eigenvalue weighted by atomic mass is 9.98. The number of aromatic nitrogens is 1. The second kappa shape index (κ2) is 9.89. The van der Waals surface area contributed by atoms with Crippen molar-refractivity contribution in [2.75, 3.05) is 27.3 Å². The van der Waals surface area contributed by atoms with Gasteiger partial charge in [-0.25, -0.2) is 8.42 Å². The third kappa shape index (κ3) is 4.62. The molecule has 8 nitrogen and oxygen atoms in total. The lowest BCUT2D eigenvalue weighted by molar-refractivity contribution is -0.122. The van der Waals surface area contributed by atoms with E-state index in [9.17, 15) is 13.2 Å². The summed E-state index contributed by atoms with van der Waals surface area (Å²) in [5.41, 5.74) is 1.93. The number of hydrogen-bond acceptors (Lipinski definition) is 6. The summed E-state index contributed by atoms with van der Waals surface area (Å²) in [4.78, 5) is 18.4. The van der Waals surface area contributed by atoms with Crippen molar-refractivity contribution >= 4 is 37.5 Å². The minimum Gasteiger partial charge on any atom is -0.493 e. The summed E-state index contributed by atoms with van der Waals surface area (Å²) in [7, 11) is -0.384. The number of benzene rings is 2. The highest BCUT2D eigenvalue weighted by atomic mass is 32.2. The first-order valence-electron chi connectivity index (χ1n) is 11.2. The molecule has 1 aliphatic rings. The van der Waals surface area contributed by atoms with Crippen LogP contribution in [0.5, 0.6) is 11.5 Å². The summed E-state index contributed by atoms with van der Waals surface area (Å²) >= 11 is 1.43. The zero-order valence-electron chi connectivity index (χ0n) is 19.8. The molecular weight excluding hydrogens is 474 g/mol. The van der Waals surface area contributed by atoms with E-state index in [0.717, 1.165) is 15.8 Å². The van der Waals surface area contributed by atoms with E-state index < -0.39 is 10.0 Å². The number of fused-ring (bicyclic) bond motifs is 1. The molecule has 182 valence electrons. The number of methoxy groups -OCH3 is 2. The quantitative estimate of drug-likeness (QED) is 0.513. The zero-order chi connectivity index (χ0) is 24.5. The Bertz CT molecular complexity index is 1370. The molecule has 1 fully saturated rings. The number of aryl methyl sites for hydroxylation is 2. The number of amides is 1. The lowest BCUT2D eigenvalue weighted by Crippen LogP contribution is -2.40. The molecule has 0 bridgehead atoms. The van der Waals surface area contributed by atoms with E-state index >= 15 is 0 Å². The molecule has 1 aliphatic heterocycles. The highest BCUT2D eigenvalue weighted by Gasteiger charge is 2.32. The maximum atomic E-state index is 13.0. The van der Waals surface area contributed by atoms with Gasteiger partial charge in [0.2, 0.25) is 10.0 Å². The molecular formula is C24H29N3O5S2. The molecule has 2 heterocycles. The summed E-state index contributed by atoms with van der Waals surface area (Å²) in [5.74, 6) is 0.735. The molecule has 0 radical (unpaired) electrons. The van der Waals surface area contributed by atoms with Crippen LogP contribution < -0.4 is 14.3 Å². The van der Waals surface area contributed by atoms with E-state index in [1.165, 1.54) is 15.6 Å². The minimum atomic E-state index is -3.56. The van der Waals surface area contributed by atoms with Crippen LogP contribution in [0, 0.1) is 12.8 Å². The fourth-order valence-electron chi connectivity index (χ4n) is 4.18. The average molecular weight is 504 g/mol. The minimum absolute atomic E-state index is 0.208. The molecule has 1 amide bonds. The standard InChI is InChI=1S/C24H29N3O5S2/c1-5-27-19-14-20(31-3)21(32-4)15-22(19)33-24(27)25-23(28)17-10-12-26(13-11-17)34(29,30)18-8-6-16(2)7-9-18/h6-9,14-15,17H,5,10-13H2,1-4H3. The van der Waals surface area contributed by atoms with Crippen LogP contribution in [-0.4, -0.2) is 50.5 Å². The maximum absolute atomic E-state index is 13.0. The van der Waals surface area contributed by atoms with Crippen LogP contribution in [0.25, 0.3) is 10.2 Å². The van der Waals surface area contributed by atoms with Crippen LogP contribution in [0.2, 0.25) is 0 Å². The van der Waals surface area contributed by atoms with Gasteiger partial charge in [0.15, 0.2) is 16.3 Å². The number of ether oxygens (including phenoxy) is 2. The summed E-state index contributed by atoms with van der Waals surface area (Å²) in [5, 5.41) is 0. The largest absolute Gasteiger partial charge is 0.493 e. The summed E-state index contributed by atoms with van der Waals surface area (Å²) < 4.78 is 41.1. The summed E-state index contributed by atoms with van der Waals surface area (Å²) in [6.45, 7) is 5.17. The van der Waals surface area contributed by atoms with Crippen molar-refractivity contribution in [2.45, 2.75) is 38.1 Å². The van der Waals surface area contributed by atoms with Crippen molar-refractivity contribution in [2.24, 2.45) is 10.9 Å². The Morgan fingerprint density at radius 1 is 1.09 bits per heavy atom. The van der Waals surface area contributed by atoms with Gasteiger partial charge in [-0.05, 0) is 38.8 Å². The van der Waals surface area contributed by atoms with Crippen LogP contribution in [0.3, 0.4) is 0 Å². The summed E-state index contributed by atoms with van der Waals surface area (Å²) in [6.07, 6.45) is 0.901. The predicted molar refractivity (Wildman–Crippen MR) is 132 cm³/mol. The highest BCUT2D eigenvalue weighted by Crippen LogP contribution is 2.33. The monoisotopic (exact) mass is 503 g/mol. The van der Waals surface area contributed by atoms with Crippen molar-refractivity contribution in [3.05, 3.63) is 46.8 Å². The molecule has 0 N–H and O–H groups in total. The van der Waals surface area contributed by atoms with E-state index in [1.807, 2.05) is 30.5 Å². The molecule has 10 heteroatoms. The third-order valence-corrected chi connectivity index (χ3v) is 9.13. The molecule has 0 aliphatic carbocycles. The van der Waals surface area contributed by atoms with Gasteiger partial charge in [-0.3, -0.25) is 4.79 Å². The highest BCUT2D eigenvalue weighted by molar-refractivity contribution is 7.89. The summed E-state index contributed by atoms with van der Waals surface area (Å²) in [6, 6.07) is 10.6. The Balaban J connectivity index is 1.54. The molecule has 34 heavy (non-hydrogen) atoms. The normalized spacial score (nSPS) is 16.2. The Hall–Kier alpha value is -2.69. The Morgan fingerprint density at radius 2 is 1.71 bits per heavy atom. The molecule has 0 saturated carbocycles. The second-order valence-corrected chi connectivity index (χ2v) is 11.2. The van der Waals surface area contributed by atoms with E-state index in [4.69, 9.17) is 9.47 Å². The molecule has 0 unspecified atom stereocenters. The van der Waals surface area contributed by atoms with Gasteiger partial charge >= 0.3 is 0 Å². The van der Waals surface area contributed by atoms with Crippen molar-refractivity contribution < 1.29 is 22.7 Å². The van der Waals surface area contributed by atoms with Gasteiger partial charge in [0.1, 0.15) is 0 Å². The predicted octanol–water partition coefficient (Wildman–Crippen LogP) is 3.58. The Kier molecular flexibility index (Phi) is 7.11. The fraction of sp³-hybridized carbons (Fsp3) is 0.417. The number of rotatable bonds is 6. The first-order chi connectivity index (χ1) is 16.3. The van der Waals surface area contributed by atoms with Gasteiger partial charge in [0.25, 0.3) is 5.91 Å². The van der Waals surface area contributed by atoms with E-state index in [0.29, 0.717) is 48.8 Å². The topological polar surface area (TPSA) is 90.2 Å². The van der Waals surface area contributed by atoms with Gasteiger partial charge in [-0.2, -0.15) is 9.30 Å². The van der Waals surface area contributed by atoms with E-state index in [2.05, 4.69) is 4.99 Å². The van der Waals surface area contributed by atoms with Gasteiger partial charge in [-0.15, -0.1) is 0 Å². The Morgan fingerprint density at radius 3 is 2.29 bits per heavy atom. The number of thiazole rings is 1. The second-order valence-electron chi connectivity index (χ2n) is 8.25. The van der Waals surface area contributed by atoms with Crippen LogP contribution in [0.4, 0.5) is 0 Å². The number of carbonyl (C=O) groups excluding carboxylic acids is 1. The van der Waals surface area contributed by atoms with Gasteiger partial charge in [0, 0.05) is 37.7 Å². The first-order valence-corrected chi connectivity index (χ1v) is 13.4. The SMILES string of the molecule is CCn1c(=NC(=O)C2CCN(S(=O)(=O)c3ccc(C)cc3)CC2)sc2cc(OC)c(OC)cc21. The average Bonchev–Trinajstić information content (AvgIpc) is 3.18. The van der Waals surface area contributed by atoms with Crippen molar-refractivity contribution in [1.82, 2.24) is 8.87 Å². The van der Waals surface area contributed by atoms with Crippen molar-refractivity contribution in [3.63, 3.8) is 0 Å². The molecule has 0 atom stereocenters. The molecule has 4 rings (SSSR count). The van der Waals surface area contributed by atoms with Crippen LogP contribution in [-0.2, 0) is 21.4 Å². The van der Waals surface area contributed by atoms with E-state index in [1.54, 1.807) is 38.5 Å². The van der Waals surface area contributed by atoms with Gasteiger partial charge in [-0.1, -0.05) is 29.0 Å². The molecule has 3 aromatic rings.